The van der Waals surface area contributed by atoms with E-state index < -0.39 is 0 Å². The van der Waals surface area contributed by atoms with Gasteiger partial charge in [-0.05, 0) is 37.3 Å². The van der Waals surface area contributed by atoms with E-state index in [1.54, 1.807) is 44.6 Å². The summed E-state index contributed by atoms with van der Waals surface area (Å²) >= 11 is 0. The van der Waals surface area contributed by atoms with Crippen molar-refractivity contribution in [2.45, 2.75) is 19.9 Å². The molecular weight excluding hydrogens is 448 g/mol. The van der Waals surface area contributed by atoms with Crippen molar-refractivity contribution in [1.82, 2.24) is 19.5 Å². The summed E-state index contributed by atoms with van der Waals surface area (Å²) in [6, 6.07) is 12.5. The van der Waals surface area contributed by atoms with Gasteiger partial charge in [-0.15, -0.1) is 0 Å². The first kappa shape index (κ1) is 23.8. The van der Waals surface area contributed by atoms with Crippen molar-refractivity contribution in [1.29, 1.82) is 0 Å². The number of carbonyl (C=O) groups excluding carboxylic acids is 1. The summed E-state index contributed by atoms with van der Waals surface area (Å²) in [7, 11) is 3.29. The van der Waals surface area contributed by atoms with Crippen LogP contribution in [0.15, 0.2) is 59.7 Å². The molecule has 10 nitrogen and oxygen atoms in total. The lowest BCUT2D eigenvalue weighted by molar-refractivity contribution is -0.114. The van der Waals surface area contributed by atoms with Crippen LogP contribution in [0.25, 0.3) is 22.2 Å². The second kappa shape index (κ2) is 10.3. The van der Waals surface area contributed by atoms with Gasteiger partial charge in [-0.1, -0.05) is 6.07 Å². The molecule has 0 aliphatic heterocycles. The van der Waals surface area contributed by atoms with Crippen molar-refractivity contribution in [3.63, 3.8) is 0 Å². The van der Waals surface area contributed by atoms with Gasteiger partial charge in [0.05, 0.1) is 23.4 Å². The number of anilines is 2. The lowest BCUT2D eigenvalue weighted by atomic mass is 10.1. The number of hydrogen-bond donors (Lipinski definition) is 2. The van der Waals surface area contributed by atoms with Crippen LogP contribution in [0.3, 0.4) is 0 Å². The topological polar surface area (TPSA) is 120 Å². The quantitative estimate of drug-likeness (QED) is 0.398. The Morgan fingerprint density at radius 3 is 2.69 bits per heavy atom. The Hall–Kier alpha value is -4.31. The van der Waals surface area contributed by atoms with Gasteiger partial charge in [-0.25, -0.2) is 15.0 Å². The second-order valence-corrected chi connectivity index (χ2v) is 8.07. The third-order valence-corrected chi connectivity index (χ3v) is 5.17. The van der Waals surface area contributed by atoms with Crippen LogP contribution >= 0.6 is 0 Å². The third kappa shape index (κ3) is 5.61. The molecule has 0 saturated carbocycles. The van der Waals surface area contributed by atoms with Gasteiger partial charge >= 0.3 is 0 Å². The van der Waals surface area contributed by atoms with Crippen LogP contribution in [0, 0.1) is 0 Å². The summed E-state index contributed by atoms with van der Waals surface area (Å²) in [6.07, 6.45) is 3.09. The van der Waals surface area contributed by atoms with Crippen LogP contribution in [-0.2, 0) is 16.6 Å². The van der Waals surface area contributed by atoms with Crippen molar-refractivity contribution in [3.05, 3.63) is 65.2 Å². The molecule has 0 bridgehead atoms. The predicted molar refractivity (Wildman–Crippen MR) is 134 cm³/mol. The molecule has 0 saturated heterocycles. The zero-order valence-electron chi connectivity index (χ0n) is 19.9. The lowest BCUT2D eigenvalue weighted by Gasteiger charge is -2.16. The Kier molecular flexibility index (Phi) is 7.02. The van der Waals surface area contributed by atoms with Crippen molar-refractivity contribution >= 4 is 28.6 Å². The molecule has 4 rings (SSSR count). The molecule has 4 aromatic rings. The molecule has 1 aromatic carbocycles. The van der Waals surface area contributed by atoms with Gasteiger partial charge in [-0.3, -0.25) is 14.2 Å². The number of aromatic nitrogens is 4. The van der Waals surface area contributed by atoms with E-state index in [1.807, 2.05) is 25.1 Å². The molecule has 0 spiro atoms. The molecule has 180 valence electrons. The van der Waals surface area contributed by atoms with E-state index in [-0.39, 0.29) is 17.5 Å². The average molecular weight is 475 g/mol. The van der Waals surface area contributed by atoms with Crippen molar-refractivity contribution in [3.8, 4) is 22.8 Å². The predicted octanol–water partition coefficient (Wildman–Crippen LogP) is 3.59. The fourth-order valence-electron chi connectivity index (χ4n) is 3.54. The lowest BCUT2D eigenvalue weighted by Crippen LogP contribution is -2.29. The maximum Gasteiger partial charge on any atom is 0.264 e. The van der Waals surface area contributed by atoms with Gasteiger partial charge in [0.25, 0.3) is 5.56 Å². The first-order valence-electron chi connectivity index (χ1n) is 11.0. The van der Waals surface area contributed by atoms with Crippen LogP contribution in [0.2, 0.25) is 0 Å². The summed E-state index contributed by atoms with van der Waals surface area (Å²) in [5.41, 5.74) is 1.44. The van der Waals surface area contributed by atoms with E-state index in [2.05, 4.69) is 25.6 Å². The van der Waals surface area contributed by atoms with Crippen molar-refractivity contribution < 1.29 is 14.3 Å². The first-order chi connectivity index (χ1) is 16.8. The van der Waals surface area contributed by atoms with Gasteiger partial charge in [-0.2, -0.15) is 0 Å². The number of benzene rings is 1. The van der Waals surface area contributed by atoms with E-state index in [1.165, 1.54) is 17.7 Å². The summed E-state index contributed by atoms with van der Waals surface area (Å²) in [5, 5.41) is 6.64. The SMILES string of the molecule is COC[C@@H](C)Nc1ncc(-c2ccc3cc(Oc4ccnc(NC(C)=O)c4)ccc3n2)c(=O)n1C. The number of hydrogen-bond acceptors (Lipinski definition) is 8. The van der Waals surface area contributed by atoms with Crippen LogP contribution in [-0.4, -0.2) is 45.2 Å². The van der Waals surface area contributed by atoms with Crippen LogP contribution in [0.4, 0.5) is 11.8 Å². The normalized spacial score (nSPS) is 11.8. The molecule has 2 N–H and O–H groups in total. The molecule has 3 aromatic heterocycles. The highest BCUT2D eigenvalue weighted by molar-refractivity contribution is 5.87. The monoisotopic (exact) mass is 474 g/mol. The maximum atomic E-state index is 13.0. The minimum atomic E-state index is -0.209. The Labute approximate surface area is 202 Å². The zero-order chi connectivity index (χ0) is 24.9. The Morgan fingerprint density at radius 2 is 1.91 bits per heavy atom. The summed E-state index contributed by atoms with van der Waals surface area (Å²) in [5.74, 6) is 1.80. The van der Waals surface area contributed by atoms with Gasteiger partial charge < -0.3 is 20.1 Å². The van der Waals surface area contributed by atoms with Crippen molar-refractivity contribution in [2.75, 3.05) is 24.4 Å². The first-order valence-corrected chi connectivity index (χ1v) is 11.0. The molecule has 3 heterocycles. The van der Waals surface area contributed by atoms with E-state index in [0.29, 0.717) is 46.6 Å². The minimum absolute atomic E-state index is 0.00305. The number of nitrogens with one attached hydrogen (secondary N) is 2. The zero-order valence-corrected chi connectivity index (χ0v) is 19.9. The standard InChI is InChI=1S/C25H26N6O4/c1-15(14-34-4)28-25-27-13-20(24(33)31(25)3)22-7-5-17-11-18(6-8-21(17)30-22)35-19-9-10-26-23(12-19)29-16(2)32/h5-13,15H,14H2,1-4H3,(H,27,28)(H,26,29,32)/t15-/m1/s1. The van der Waals surface area contributed by atoms with Crippen molar-refractivity contribution in [2.24, 2.45) is 7.05 Å². The molecule has 1 amide bonds. The number of amides is 1. The largest absolute Gasteiger partial charge is 0.457 e. The fraction of sp³-hybridized carbons (Fsp3) is 0.240. The van der Waals surface area contributed by atoms with E-state index in [4.69, 9.17) is 9.47 Å². The summed E-state index contributed by atoms with van der Waals surface area (Å²) < 4.78 is 12.5. The number of rotatable bonds is 8. The van der Waals surface area contributed by atoms with Gasteiger partial charge in [0.2, 0.25) is 11.9 Å². The maximum absolute atomic E-state index is 13.0. The highest BCUT2D eigenvalue weighted by atomic mass is 16.5. The smallest absolute Gasteiger partial charge is 0.264 e. The van der Waals surface area contributed by atoms with E-state index in [0.717, 1.165) is 5.39 Å². The highest BCUT2D eigenvalue weighted by Gasteiger charge is 2.13. The fourth-order valence-corrected chi connectivity index (χ4v) is 3.54. The van der Waals surface area contributed by atoms with E-state index in [9.17, 15) is 9.59 Å². The average Bonchev–Trinajstić information content (AvgIpc) is 2.82. The molecule has 10 heteroatoms. The van der Waals surface area contributed by atoms with E-state index >= 15 is 0 Å². The molecule has 1 atom stereocenters. The molecule has 0 fully saturated rings. The molecule has 35 heavy (non-hydrogen) atoms. The summed E-state index contributed by atoms with van der Waals surface area (Å²) in [4.78, 5) is 37.4. The van der Waals surface area contributed by atoms with Crippen LogP contribution in [0.1, 0.15) is 13.8 Å². The van der Waals surface area contributed by atoms with Gasteiger partial charge in [0, 0.05) is 51.0 Å². The van der Waals surface area contributed by atoms with Crippen LogP contribution < -0.4 is 20.9 Å². The number of nitrogens with zero attached hydrogens (tertiary/aromatic N) is 4. The van der Waals surface area contributed by atoms with Gasteiger partial charge in [0.1, 0.15) is 17.3 Å². The number of fused-ring (bicyclic) bond motifs is 1. The second-order valence-electron chi connectivity index (χ2n) is 8.07. The molecular formula is C25H26N6O4. The molecule has 0 radical (unpaired) electrons. The summed E-state index contributed by atoms with van der Waals surface area (Å²) in [6.45, 7) is 3.86. The third-order valence-electron chi connectivity index (χ3n) is 5.17. The highest BCUT2D eigenvalue weighted by Crippen LogP contribution is 2.27. The number of methoxy groups -OCH3 is 1. The molecule has 0 unspecified atom stereocenters. The number of carbonyl (C=O) groups is 1. The molecule has 0 aliphatic carbocycles. The number of pyridine rings is 2. The van der Waals surface area contributed by atoms with Crippen LogP contribution in [0.5, 0.6) is 11.5 Å². The Morgan fingerprint density at radius 1 is 1.11 bits per heavy atom. The van der Waals surface area contributed by atoms with Gasteiger partial charge in [0.15, 0.2) is 0 Å². The minimum Gasteiger partial charge on any atom is -0.457 e. The molecule has 0 aliphatic rings. The number of ether oxygens (including phenoxy) is 2. The Bertz CT molecular complexity index is 1440. The Balaban J connectivity index is 1.57.